The maximum absolute atomic E-state index is 5.53. The Bertz CT molecular complexity index is 115. The minimum absolute atomic E-state index is 0.116. The SMILES string of the molecule is CCOC(OCC)[SiH2]CN(CC)CC. The summed E-state index contributed by atoms with van der Waals surface area (Å²) in [5.74, 6) is 0.116. The largest absolute Gasteiger partial charge is 0.357 e. The van der Waals surface area contributed by atoms with Crippen LogP contribution in [0.1, 0.15) is 27.7 Å². The molecule has 86 valence electrons. The third-order valence-electron chi connectivity index (χ3n) is 2.28. The summed E-state index contributed by atoms with van der Waals surface area (Å²) < 4.78 is 11.1. The molecule has 4 heteroatoms. The van der Waals surface area contributed by atoms with Crippen LogP contribution in [0.3, 0.4) is 0 Å². The fourth-order valence-electron chi connectivity index (χ4n) is 1.41. The Morgan fingerprint density at radius 1 is 1.00 bits per heavy atom. The van der Waals surface area contributed by atoms with Crippen molar-refractivity contribution in [1.29, 1.82) is 0 Å². The molecule has 0 heterocycles. The van der Waals surface area contributed by atoms with Gasteiger partial charge in [-0.05, 0) is 33.1 Å². The molecule has 14 heavy (non-hydrogen) atoms. The van der Waals surface area contributed by atoms with Gasteiger partial charge >= 0.3 is 0 Å². The molecule has 0 aliphatic heterocycles. The van der Waals surface area contributed by atoms with Crippen LogP contribution in [0.2, 0.25) is 0 Å². The van der Waals surface area contributed by atoms with E-state index >= 15 is 0 Å². The van der Waals surface area contributed by atoms with E-state index in [1.165, 1.54) is 6.17 Å². The third kappa shape index (κ3) is 6.54. The highest BCUT2D eigenvalue weighted by molar-refractivity contribution is 6.36. The van der Waals surface area contributed by atoms with Gasteiger partial charge in [0.25, 0.3) is 0 Å². The highest BCUT2D eigenvalue weighted by Gasteiger charge is 2.10. The Hall–Kier alpha value is 0.0969. The van der Waals surface area contributed by atoms with Crippen molar-refractivity contribution < 1.29 is 9.47 Å². The molecule has 0 fully saturated rings. The van der Waals surface area contributed by atoms with Crippen LogP contribution in [0, 0.1) is 0 Å². The van der Waals surface area contributed by atoms with Crippen LogP contribution >= 0.6 is 0 Å². The average molecular weight is 219 g/mol. The van der Waals surface area contributed by atoms with Gasteiger partial charge < -0.3 is 14.4 Å². The second-order valence-electron chi connectivity index (χ2n) is 3.16. The minimum atomic E-state index is -0.285. The Morgan fingerprint density at radius 3 is 1.86 bits per heavy atom. The van der Waals surface area contributed by atoms with Crippen LogP contribution in [-0.4, -0.2) is 52.8 Å². The Balaban J connectivity index is 3.67. The zero-order valence-corrected chi connectivity index (χ0v) is 11.5. The molecule has 0 aliphatic carbocycles. The lowest BCUT2D eigenvalue weighted by atomic mass is 10.6. The van der Waals surface area contributed by atoms with E-state index in [-0.39, 0.29) is 15.4 Å². The number of ether oxygens (including phenoxy) is 2. The molecular formula is C10H25NO2Si. The van der Waals surface area contributed by atoms with Gasteiger partial charge in [0, 0.05) is 13.2 Å². The normalized spacial score (nSPS) is 12.4. The van der Waals surface area contributed by atoms with Gasteiger partial charge in [0.2, 0.25) is 0 Å². The van der Waals surface area contributed by atoms with Crippen molar-refractivity contribution in [2.45, 2.75) is 33.6 Å². The molecule has 0 spiro atoms. The Labute approximate surface area is 90.6 Å². The molecule has 0 aromatic carbocycles. The van der Waals surface area contributed by atoms with Crippen LogP contribution in [0.15, 0.2) is 0 Å². The molecule has 0 unspecified atom stereocenters. The number of rotatable bonds is 9. The van der Waals surface area contributed by atoms with Gasteiger partial charge in [-0.15, -0.1) is 0 Å². The minimum Gasteiger partial charge on any atom is -0.357 e. The van der Waals surface area contributed by atoms with Crippen molar-refractivity contribution in [3.63, 3.8) is 0 Å². The number of hydrogen-bond donors (Lipinski definition) is 0. The first-order valence-electron chi connectivity index (χ1n) is 5.73. The lowest BCUT2D eigenvalue weighted by Crippen LogP contribution is -2.36. The topological polar surface area (TPSA) is 21.7 Å². The summed E-state index contributed by atoms with van der Waals surface area (Å²) in [5, 5.41) is 0. The first kappa shape index (κ1) is 14.1. The first-order chi connectivity index (χ1) is 6.78. The van der Waals surface area contributed by atoms with Gasteiger partial charge in [0.15, 0.2) is 0 Å². The van der Waals surface area contributed by atoms with Crippen molar-refractivity contribution in [1.82, 2.24) is 4.90 Å². The summed E-state index contributed by atoms with van der Waals surface area (Å²) in [4.78, 5) is 2.44. The van der Waals surface area contributed by atoms with E-state index in [9.17, 15) is 0 Å². The van der Waals surface area contributed by atoms with Crippen LogP contribution in [0.4, 0.5) is 0 Å². The fourth-order valence-corrected chi connectivity index (χ4v) is 3.43. The molecule has 0 amide bonds. The van der Waals surface area contributed by atoms with Gasteiger partial charge in [-0.3, -0.25) is 0 Å². The van der Waals surface area contributed by atoms with Crippen molar-refractivity contribution >= 4 is 9.52 Å². The summed E-state index contributed by atoms with van der Waals surface area (Å²) in [6.07, 6.45) is 1.19. The molecule has 0 bridgehead atoms. The molecule has 0 N–H and O–H groups in total. The molecule has 0 aromatic heterocycles. The van der Waals surface area contributed by atoms with Crippen LogP contribution in [0.25, 0.3) is 0 Å². The quantitative estimate of drug-likeness (QED) is 0.423. The average Bonchev–Trinajstić information content (AvgIpc) is 2.20. The van der Waals surface area contributed by atoms with E-state index in [0.717, 1.165) is 26.3 Å². The molecule has 0 aromatic rings. The molecule has 0 rings (SSSR count). The summed E-state index contributed by atoms with van der Waals surface area (Å²) in [7, 11) is -0.285. The smallest absolute Gasteiger partial charge is 0.136 e. The van der Waals surface area contributed by atoms with Crippen molar-refractivity contribution in [3.8, 4) is 0 Å². The summed E-state index contributed by atoms with van der Waals surface area (Å²) >= 11 is 0. The van der Waals surface area contributed by atoms with Gasteiger partial charge in [-0.2, -0.15) is 0 Å². The molecule has 0 atom stereocenters. The van der Waals surface area contributed by atoms with E-state index in [0.29, 0.717) is 0 Å². The predicted octanol–water partition coefficient (Wildman–Crippen LogP) is 0.811. The number of nitrogens with zero attached hydrogens (tertiary/aromatic N) is 1. The van der Waals surface area contributed by atoms with Gasteiger partial charge in [-0.1, -0.05) is 13.8 Å². The first-order valence-corrected chi connectivity index (χ1v) is 7.55. The van der Waals surface area contributed by atoms with Crippen molar-refractivity contribution in [2.24, 2.45) is 0 Å². The highest BCUT2D eigenvalue weighted by atomic mass is 28.2. The van der Waals surface area contributed by atoms with Gasteiger partial charge in [0.1, 0.15) is 15.4 Å². The maximum Gasteiger partial charge on any atom is 0.136 e. The molecular weight excluding hydrogens is 194 g/mol. The Kier molecular flexibility index (Phi) is 9.71. The predicted molar refractivity (Wildman–Crippen MR) is 63.4 cm³/mol. The van der Waals surface area contributed by atoms with E-state index in [4.69, 9.17) is 9.47 Å². The summed E-state index contributed by atoms with van der Waals surface area (Å²) in [5.41, 5.74) is 0. The lowest BCUT2D eigenvalue weighted by molar-refractivity contribution is -0.0833. The number of hydrogen-bond acceptors (Lipinski definition) is 3. The van der Waals surface area contributed by atoms with Gasteiger partial charge in [-0.25, -0.2) is 0 Å². The van der Waals surface area contributed by atoms with E-state index in [1.54, 1.807) is 0 Å². The monoisotopic (exact) mass is 219 g/mol. The molecule has 0 radical (unpaired) electrons. The van der Waals surface area contributed by atoms with E-state index < -0.39 is 0 Å². The van der Waals surface area contributed by atoms with E-state index in [1.807, 2.05) is 13.8 Å². The third-order valence-corrected chi connectivity index (χ3v) is 4.11. The fraction of sp³-hybridized carbons (Fsp3) is 1.00. The molecule has 0 saturated carbocycles. The zero-order chi connectivity index (χ0) is 10.8. The second-order valence-corrected chi connectivity index (χ2v) is 4.85. The standard InChI is InChI=1S/C10H25NO2Si/c1-5-11(6-2)9-14-10(12-7-3)13-8-4/h10H,5-9,14H2,1-4H3. The summed E-state index contributed by atoms with van der Waals surface area (Å²) in [6, 6.07) is 0. The van der Waals surface area contributed by atoms with Gasteiger partial charge in [0.05, 0.1) is 0 Å². The highest BCUT2D eigenvalue weighted by Crippen LogP contribution is 1.95. The molecule has 0 saturated heterocycles. The van der Waals surface area contributed by atoms with Crippen molar-refractivity contribution in [2.75, 3.05) is 32.5 Å². The summed E-state index contributed by atoms with van der Waals surface area (Å²) in [6.45, 7) is 12.2. The molecule has 0 aliphatic rings. The molecule has 3 nitrogen and oxygen atoms in total. The second kappa shape index (κ2) is 9.64. The Morgan fingerprint density at radius 2 is 1.50 bits per heavy atom. The van der Waals surface area contributed by atoms with Crippen molar-refractivity contribution in [3.05, 3.63) is 0 Å². The van der Waals surface area contributed by atoms with Crippen LogP contribution in [-0.2, 0) is 9.47 Å². The van der Waals surface area contributed by atoms with Crippen LogP contribution in [0.5, 0.6) is 0 Å². The maximum atomic E-state index is 5.53. The lowest BCUT2D eigenvalue weighted by Gasteiger charge is -2.22. The zero-order valence-electron chi connectivity index (χ0n) is 10.1. The van der Waals surface area contributed by atoms with E-state index in [2.05, 4.69) is 18.7 Å². The van der Waals surface area contributed by atoms with Crippen LogP contribution < -0.4 is 0 Å².